The summed E-state index contributed by atoms with van der Waals surface area (Å²) >= 11 is 8.81. The van der Waals surface area contributed by atoms with E-state index in [9.17, 15) is 4.79 Å². The number of thiophene rings is 1. The third-order valence-electron chi connectivity index (χ3n) is 3.09. The monoisotopic (exact) mass is 349 g/mol. The lowest BCUT2D eigenvalue weighted by molar-refractivity contribution is 0.0997. The SMILES string of the molecule is Cc1nc(-c2ccc(C(=O)N(C)c3ccc(Cl)nc3)s2)cs1. The average Bonchev–Trinajstić information content (AvgIpc) is 3.15. The molecule has 0 saturated carbocycles. The fourth-order valence-corrected chi connectivity index (χ4v) is 3.66. The number of carbonyl (C=O) groups excluding carboxylic acids is 1. The van der Waals surface area contributed by atoms with Gasteiger partial charge in [0, 0.05) is 12.4 Å². The number of aryl methyl sites for hydroxylation is 1. The highest BCUT2D eigenvalue weighted by Gasteiger charge is 2.17. The maximum absolute atomic E-state index is 12.5. The van der Waals surface area contributed by atoms with E-state index in [1.807, 2.05) is 24.4 Å². The summed E-state index contributed by atoms with van der Waals surface area (Å²) < 4.78 is 0. The van der Waals surface area contributed by atoms with E-state index in [0.717, 1.165) is 15.6 Å². The van der Waals surface area contributed by atoms with Crippen LogP contribution in [-0.2, 0) is 0 Å². The first-order valence-corrected chi connectivity index (χ1v) is 8.54. The summed E-state index contributed by atoms with van der Waals surface area (Å²) in [7, 11) is 1.72. The van der Waals surface area contributed by atoms with Crippen LogP contribution in [0.2, 0.25) is 5.15 Å². The molecule has 4 nitrogen and oxygen atoms in total. The Kier molecular flexibility index (Phi) is 4.24. The normalized spacial score (nSPS) is 10.7. The average molecular weight is 350 g/mol. The van der Waals surface area contributed by atoms with Crippen molar-refractivity contribution in [1.82, 2.24) is 9.97 Å². The van der Waals surface area contributed by atoms with Crippen molar-refractivity contribution in [2.24, 2.45) is 0 Å². The Balaban J connectivity index is 1.83. The second-order valence-corrected chi connectivity index (χ2v) is 7.15. The van der Waals surface area contributed by atoms with Crippen LogP contribution in [0.4, 0.5) is 5.69 Å². The number of anilines is 1. The Morgan fingerprint density at radius 1 is 1.27 bits per heavy atom. The number of amides is 1. The van der Waals surface area contributed by atoms with Crippen molar-refractivity contribution >= 4 is 45.9 Å². The first-order valence-electron chi connectivity index (χ1n) is 6.46. The molecular weight excluding hydrogens is 338 g/mol. The highest BCUT2D eigenvalue weighted by Crippen LogP contribution is 2.30. The Hall–Kier alpha value is -1.76. The van der Waals surface area contributed by atoms with E-state index < -0.39 is 0 Å². The lowest BCUT2D eigenvalue weighted by atomic mass is 10.3. The van der Waals surface area contributed by atoms with Gasteiger partial charge in [0.2, 0.25) is 0 Å². The van der Waals surface area contributed by atoms with E-state index in [-0.39, 0.29) is 5.91 Å². The lowest BCUT2D eigenvalue weighted by Crippen LogP contribution is -2.25. The predicted octanol–water partition coefficient (Wildman–Crippen LogP) is 4.51. The van der Waals surface area contributed by atoms with E-state index in [0.29, 0.717) is 15.7 Å². The Morgan fingerprint density at radius 2 is 2.09 bits per heavy atom. The molecular formula is C15H12ClN3OS2. The molecule has 0 radical (unpaired) electrons. The van der Waals surface area contributed by atoms with Crippen molar-refractivity contribution in [2.75, 3.05) is 11.9 Å². The Morgan fingerprint density at radius 3 is 2.73 bits per heavy atom. The summed E-state index contributed by atoms with van der Waals surface area (Å²) in [6.45, 7) is 1.97. The molecule has 0 spiro atoms. The first-order chi connectivity index (χ1) is 10.5. The second-order valence-electron chi connectivity index (χ2n) is 4.62. The number of thiazole rings is 1. The molecule has 3 aromatic rings. The van der Waals surface area contributed by atoms with Crippen LogP contribution >= 0.6 is 34.3 Å². The summed E-state index contributed by atoms with van der Waals surface area (Å²) in [6, 6.07) is 7.20. The minimum absolute atomic E-state index is 0.0766. The molecule has 0 aliphatic carbocycles. The molecule has 1 amide bonds. The summed E-state index contributed by atoms with van der Waals surface area (Å²) in [5, 5.41) is 3.42. The van der Waals surface area contributed by atoms with Crippen LogP contribution in [0.3, 0.4) is 0 Å². The largest absolute Gasteiger partial charge is 0.309 e. The minimum atomic E-state index is -0.0766. The molecule has 22 heavy (non-hydrogen) atoms. The van der Waals surface area contributed by atoms with Gasteiger partial charge >= 0.3 is 0 Å². The number of hydrogen-bond donors (Lipinski definition) is 0. The van der Waals surface area contributed by atoms with Gasteiger partial charge in [-0.05, 0) is 31.2 Å². The molecule has 0 atom stereocenters. The minimum Gasteiger partial charge on any atom is -0.309 e. The first kappa shape index (κ1) is 15.1. The van der Waals surface area contributed by atoms with Crippen molar-refractivity contribution in [3.63, 3.8) is 0 Å². The van der Waals surface area contributed by atoms with Crippen molar-refractivity contribution in [3.05, 3.63) is 50.9 Å². The summed E-state index contributed by atoms with van der Waals surface area (Å²) in [5.41, 5.74) is 1.62. The molecule has 7 heteroatoms. The zero-order valence-electron chi connectivity index (χ0n) is 11.9. The third-order valence-corrected chi connectivity index (χ3v) is 5.18. The summed E-state index contributed by atoms with van der Waals surface area (Å²) in [6.07, 6.45) is 1.58. The molecule has 0 N–H and O–H groups in total. The van der Waals surface area contributed by atoms with Crippen LogP contribution in [0.15, 0.2) is 35.8 Å². The lowest BCUT2D eigenvalue weighted by Gasteiger charge is -2.15. The number of hydrogen-bond acceptors (Lipinski definition) is 5. The quantitative estimate of drug-likeness (QED) is 0.654. The number of nitrogens with zero attached hydrogens (tertiary/aromatic N) is 3. The van der Waals surface area contributed by atoms with Crippen molar-refractivity contribution in [2.45, 2.75) is 6.92 Å². The number of aromatic nitrogens is 2. The number of carbonyl (C=O) groups is 1. The topological polar surface area (TPSA) is 46.1 Å². The maximum Gasteiger partial charge on any atom is 0.268 e. The van der Waals surface area contributed by atoms with Crippen LogP contribution in [0.1, 0.15) is 14.7 Å². The van der Waals surface area contributed by atoms with Crippen molar-refractivity contribution < 1.29 is 4.79 Å². The van der Waals surface area contributed by atoms with Crippen molar-refractivity contribution in [3.8, 4) is 10.6 Å². The molecule has 0 saturated heterocycles. The molecule has 0 aliphatic rings. The van der Waals surface area contributed by atoms with Gasteiger partial charge in [0.1, 0.15) is 5.15 Å². The predicted molar refractivity (Wildman–Crippen MR) is 92.1 cm³/mol. The maximum atomic E-state index is 12.5. The molecule has 3 heterocycles. The zero-order valence-corrected chi connectivity index (χ0v) is 14.3. The van der Waals surface area contributed by atoms with Gasteiger partial charge < -0.3 is 4.90 Å². The smallest absolute Gasteiger partial charge is 0.268 e. The van der Waals surface area contributed by atoms with Crippen LogP contribution in [-0.4, -0.2) is 22.9 Å². The van der Waals surface area contributed by atoms with Gasteiger partial charge in [0.05, 0.1) is 32.3 Å². The molecule has 3 rings (SSSR count). The Bertz CT molecular complexity index is 810. The van der Waals surface area contributed by atoms with Gasteiger partial charge in [-0.2, -0.15) is 0 Å². The van der Waals surface area contributed by atoms with E-state index in [2.05, 4.69) is 9.97 Å². The molecule has 0 aliphatic heterocycles. The van der Waals surface area contributed by atoms with Crippen molar-refractivity contribution in [1.29, 1.82) is 0 Å². The van der Waals surface area contributed by atoms with Crippen LogP contribution in [0.5, 0.6) is 0 Å². The van der Waals surface area contributed by atoms with Crippen LogP contribution in [0, 0.1) is 6.92 Å². The van der Waals surface area contributed by atoms with Crippen LogP contribution < -0.4 is 4.90 Å². The van der Waals surface area contributed by atoms with Gasteiger partial charge in [-0.25, -0.2) is 9.97 Å². The summed E-state index contributed by atoms with van der Waals surface area (Å²) in [5.74, 6) is -0.0766. The van der Waals surface area contributed by atoms with E-state index in [1.165, 1.54) is 11.3 Å². The summed E-state index contributed by atoms with van der Waals surface area (Å²) in [4.78, 5) is 24.2. The number of halogens is 1. The van der Waals surface area contributed by atoms with Gasteiger partial charge in [-0.1, -0.05) is 11.6 Å². The van der Waals surface area contributed by atoms with E-state index in [4.69, 9.17) is 11.6 Å². The van der Waals surface area contributed by atoms with Gasteiger partial charge in [-0.15, -0.1) is 22.7 Å². The van der Waals surface area contributed by atoms with E-state index >= 15 is 0 Å². The van der Waals surface area contributed by atoms with Gasteiger partial charge in [-0.3, -0.25) is 4.79 Å². The molecule has 3 aromatic heterocycles. The fourth-order valence-electron chi connectivity index (χ4n) is 1.92. The molecule has 112 valence electrons. The Labute approximate surface area is 141 Å². The molecule has 0 bridgehead atoms. The van der Waals surface area contributed by atoms with Crippen LogP contribution in [0.25, 0.3) is 10.6 Å². The number of rotatable bonds is 3. The molecule has 0 fully saturated rings. The fraction of sp³-hybridized carbons (Fsp3) is 0.133. The zero-order chi connectivity index (χ0) is 15.7. The second kappa shape index (κ2) is 6.16. The van der Waals surface area contributed by atoms with Gasteiger partial charge in [0.15, 0.2) is 0 Å². The standard InChI is InChI=1S/C15H12ClN3OS2/c1-9-18-11(8-21-9)12-4-5-13(22-12)15(20)19(2)10-3-6-14(16)17-7-10/h3-8H,1-2H3. The van der Waals surface area contributed by atoms with E-state index in [1.54, 1.807) is 41.6 Å². The highest BCUT2D eigenvalue weighted by atomic mass is 35.5. The van der Waals surface area contributed by atoms with Gasteiger partial charge in [0.25, 0.3) is 5.91 Å². The number of pyridine rings is 1. The highest BCUT2D eigenvalue weighted by molar-refractivity contribution is 7.18. The third kappa shape index (κ3) is 3.04. The molecule has 0 aromatic carbocycles. The molecule has 0 unspecified atom stereocenters.